The first kappa shape index (κ1) is 24.2. The van der Waals surface area contributed by atoms with Crippen molar-refractivity contribution in [2.75, 3.05) is 46.2 Å². The Kier molecular flexibility index (Phi) is 9.13. The van der Waals surface area contributed by atoms with Crippen molar-refractivity contribution in [2.45, 2.75) is 25.8 Å². The van der Waals surface area contributed by atoms with Gasteiger partial charge in [-0.3, -0.25) is 9.79 Å². The predicted octanol–water partition coefficient (Wildman–Crippen LogP) is 2.84. The maximum atomic E-state index is 11.6. The fourth-order valence-electron chi connectivity index (χ4n) is 3.83. The maximum Gasteiger partial charge on any atom is 0.220 e. The smallest absolute Gasteiger partial charge is 0.220 e. The number of fused-ring (bicyclic) bond motifs is 1. The van der Waals surface area contributed by atoms with Gasteiger partial charge in [0.25, 0.3) is 0 Å². The average molecular weight is 524 g/mol. The molecule has 2 N–H and O–H groups in total. The number of guanidine groups is 1. The Morgan fingerprint density at radius 3 is 2.60 bits per heavy atom. The molecule has 2 heterocycles. The lowest BCUT2D eigenvalue weighted by Crippen LogP contribution is -2.45. The van der Waals surface area contributed by atoms with Crippen LogP contribution in [-0.2, 0) is 11.3 Å². The highest BCUT2D eigenvalue weighted by Crippen LogP contribution is 2.23. The van der Waals surface area contributed by atoms with Crippen LogP contribution in [0.5, 0.6) is 0 Å². The number of rotatable bonds is 5. The summed E-state index contributed by atoms with van der Waals surface area (Å²) in [6.07, 6.45) is 2.64. The number of aromatic nitrogens is 1. The molecule has 1 aromatic heterocycles. The van der Waals surface area contributed by atoms with Crippen molar-refractivity contribution < 1.29 is 4.79 Å². The minimum atomic E-state index is 0. The summed E-state index contributed by atoms with van der Waals surface area (Å²) < 4.78 is 0. The van der Waals surface area contributed by atoms with E-state index in [0.29, 0.717) is 18.9 Å². The summed E-state index contributed by atoms with van der Waals surface area (Å²) in [5, 5.41) is 7.41. The van der Waals surface area contributed by atoms with Crippen LogP contribution in [-0.4, -0.2) is 63.0 Å². The van der Waals surface area contributed by atoms with E-state index in [1.54, 1.807) is 7.05 Å². The van der Waals surface area contributed by atoms with Crippen LogP contribution >= 0.6 is 24.0 Å². The standard InChI is InChI=1S/C22H32N6O.HI/c1-23-21(29)13-16-9-11-28(12-10-16)22(24-2)25-15-17-14-20(27(3)4)26-19-8-6-5-7-18(17)19;/h5-8,14,16H,9-13,15H2,1-4H3,(H,23,29)(H,24,25);1H. The third-order valence-electron chi connectivity index (χ3n) is 5.56. The number of para-hydroxylation sites is 1. The second-order valence-electron chi connectivity index (χ2n) is 7.76. The Morgan fingerprint density at radius 2 is 1.97 bits per heavy atom. The Hall–Kier alpha value is -2.10. The Bertz CT molecular complexity index is 877. The van der Waals surface area contributed by atoms with E-state index in [2.05, 4.69) is 44.8 Å². The number of nitrogens with one attached hydrogen (secondary N) is 2. The number of amides is 1. The van der Waals surface area contributed by atoms with E-state index in [1.165, 1.54) is 5.56 Å². The van der Waals surface area contributed by atoms with E-state index in [-0.39, 0.29) is 29.9 Å². The molecule has 0 unspecified atom stereocenters. The summed E-state index contributed by atoms with van der Waals surface area (Å²) in [7, 11) is 7.55. The van der Waals surface area contributed by atoms with Gasteiger partial charge in [-0.15, -0.1) is 24.0 Å². The van der Waals surface area contributed by atoms with Crippen molar-refractivity contribution >= 4 is 52.6 Å². The zero-order valence-electron chi connectivity index (χ0n) is 18.3. The van der Waals surface area contributed by atoms with Gasteiger partial charge in [0.05, 0.1) is 5.52 Å². The zero-order chi connectivity index (χ0) is 20.8. The summed E-state index contributed by atoms with van der Waals surface area (Å²) in [6, 6.07) is 10.4. The summed E-state index contributed by atoms with van der Waals surface area (Å²) in [6.45, 7) is 2.53. The van der Waals surface area contributed by atoms with Gasteiger partial charge in [-0.2, -0.15) is 0 Å². The van der Waals surface area contributed by atoms with Crippen LogP contribution in [0.25, 0.3) is 10.9 Å². The molecule has 1 fully saturated rings. The van der Waals surface area contributed by atoms with Crippen LogP contribution < -0.4 is 15.5 Å². The molecular weight excluding hydrogens is 491 g/mol. The molecule has 0 spiro atoms. The number of benzene rings is 1. The number of halogens is 1. The SMILES string of the molecule is CN=C(NCc1cc(N(C)C)nc2ccccc12)N1CCC(CC(=O)NC)CC1.I. The lowest BCUT2D eigenvalue weighted by atomic mass is 9.93. The summed E-state index contributed by atoms with van der Waals surface area (Å²) in [5.74, 6) is 2.45. The third kappa shape index (κ3) is 5.96. The molecule has 1 aliphatic rings. The van der Waals surface area contributed by atoms with Crippen LogP contribution in [0, 0.1) is 5.92 Å². The molecule has 30 heavy (non-hydrogen) atoms. The van der Waals surface area contributed by atoms with Gasteiger partial charge < -0.3 is 20.4 Å². The molecule has 1 aliphatic heterocycles. The molecule has 7 nitrogen and oxygen atoms in total. The maximum absolute atomic E-state index is 11.6. The number of nitrogens with zero attached hydrogens (tertiary/aromatic N) is 4. The van der Waals surface area contributed by atoms with Gasteiger partial charge in [0, 0.05) is 59.6 Å². The van der Waals surface area contributed by atoms with Crippen LogP contribution in [0.15, 0.2) is 35.3 Å². The van der Waals surface area contributed by atoms with Gasteiger partial charge in [0.2, 0.25) is 5.91 Å². The summed E-state index contributed by atoms with van der Waals surface area (Å²) >= 11 is 0. The molecule has 0 aliphatic carbocycles. The Balaban J connectivity index is 0.00000320. The van der Waals surface area contributed by atoms with Crippen LogP contribution in [0.2, 0.25) is 0 Å². The Morgan fingerprint density at radius 1 is 1.27 bits per heavy atom. The number of carbonyl (C=O) groups excluding carboxylic acids is 1. The highest BCUT2D eigenvalue weighted by molar-refractivity contribution is 14.0. The van der Waals surface area contributed by atoms with Gasteiger partial charge in [0.15, 0.2) is 5.96 Å². The molecule has 3 rings (SSSR count). The van der Waals surface area contributed by atoms with Crippen LogP contribution in [0.1, 0.15) is 24.8 Å². The van der Waals surface area contributed by atoms with E-state index >= 15 is 0 Å². The van der Waals surface area contributed by atoms with E-state index < -0.39 is 0 Å². The third-order valence-corrected chi connectivity index (χ3v) is 5.56. The van der Waals surface area contributed by atoms with Crippen molar-refractivity contribution in [2.24, 2.45) is 10.9 Å². The predicted molar refractivity (Wildman–Crippen MR) is 135 cm³/mol. The lowest BCUT2D eigenvalue weighted by Gasteiger charge is -2.34. The highest BCUT2D eigenvalue weighted by atomic mass is 127. The van der Waals surface area contributed by atoms with Crippen LogP contribution in [0.4, 0.5) is 5.82 Å². The molecule has 1 aromatic carbocycles. The van der Waals surface area contributed by atoms with Gasteiger partial charge in [-0.05, 0) is 36.5 Å². The van der Waals surface area contributed by atoms with E-state index in [0.717, 1.165) is 48.6 Å². The Labute approximate surface area is 196 Å². The number of carbonyl (C=O) groups is 1. The van der Waals surface area contributed by atoms with Gasteiger partial charge in [-0.1, -0.05) is 18.2 Å². The number of pyridine rings is 1. The van der Waals surface area contributed by atoms with Gasteiger partial charge >= 0.3 is 0 Å². The number of piperidine rings is 1. The summed E-state index contributed by atoms with van der Waals surface area (Å²) in [4.78, 5) is 25.2. The minimum absolute atomic E-state index is 0. The largest absolute Gasteiger partial charge is 0.363 e. The van der Waals surface area contributed by atoms with E-state index in [9.17, 15) is 4.79 Å². The second kappa shape index (κ2) is 11.3. The molecule has 0 bridgehead atoms. The fourth-order valence-corrected chi connectivity index (χ4v) is 3.83. The quantitative estimate of drug-likeness (QED) is 0.358. The van der Waals surface area contributed by atoms with E-state index in [4.69, 9.17) is 4.98 Å². The van der Waals surface area contributed by atoms with Crippen molar-refractivity contribution in [1.29, 1.82) is 0 Å². The first-order valence-electron chi connectivity index (χ1n) is 10.2. The number of anilines is 1. The number of hydrogen-bond donors (Lipinski definition) is 2. The first-order valence-corrected chi connectivity index (χ1v) is 10.2. The molecule has 164 valence electrons. The lowest BCUT2D eigenvalue weighted by molar-refractivity contribution is -0.121. The summed E-state index contributed by atoms with van der Waals surface area (Å²) in [5.41, 5.74) is 2.20. The molecule has 1 saturated heterocycles. The minimum Gasteiger partial charge on any atom is -0.363 e. The fraction of sp³-hybridized carbons (Fsp3) is 0.500. The molecule has 8 heteroatoms. The molecule has 0 atom stereocenters. The van der Waals surface area contributed by atoms with Crippen molar-refractivity contribution in [3.05, 3.63) is 35.9 Å². The molecule has 0 saturated carbocycles. The zero-order valence-corrected chi connectivity index (χ0v) is 20.6. The van der Waals surface area contributed by atoms with Gasteiger partial charge in [-0.25, -0.2) is 4.98 Å². The van der Waals surface area contributed by atoms with Gasteiger partial charge in [0.1, 0.15) is 5.82 Å². The monoisotopic (exact) mass is 524 g/mol. The molecular formula is C22H33IN6O. The molecule has 2 aromatic rings. The van der Waals surface area contributed by atoms with Crippen molar-refractivity contribution in [1.82, 2.24) is 20.5 Å². The number of likely N-dealkylation sites (tertiary alicyclic amines) is 1. The topological polar surface area (TPSA) is 72.9 Å². The highest BCUT2D eigenvalue weighted by Gasteiger charge is 2.23. The molecule has 0 radical (unpaired) electrons. The first-order chi connectivity index (χ1) is 14.0. The average Bonchev–Trinajstić information content (AvgIpc) is 2.74. The number of hydrogen-bond acceptors (Lipinski definition) is 4. The number of aliphatic imine (C=N–C) groups is 1. The van der Waals surface area contributed by atoms with Crippen molar-refractivity contribution in [3.8, 4) is 0 Å². The van der Waals surface area contributed by atoms with Crippen LogP contribution in [0.3, 0.4) is 0 Å². The van der Waals surface area contributed by atoms with E-state index in [1.807, 2.05) is 32.1 Å². The second-order valence-corrected chi connectivity index (χ2v) is 7.76. The normalized spacial score (nSPS) is 14.9. The van der Waals surface area contributed by atoms with Crippen molar-refractivity contribution in [3.63, 3.8) is 0 Å². The molecule has 1 amide bonds.